The molecule has 1 atom stereocenters. The highest BCUT2D eigenvalue weighted by molar-refractivity contribution is 7.91. The van der Waals surface area contributed by atoms with Crippen molar-refractivity contribution in [3.05, 3.63) is 46.8 Å². The molecule has 0 spiro atoms. The van der Waals surface area contributed by atoms with Gasteiger partial charge in [-0.1, -0.05) is 18.2 Å². The molecule has 1 fully saturated rings. The van der Waals surface area contributed by atoms with Gasteiger partial charge in [0.25, 0.3) is 15.9 Å². The van der Waals surface area contributed by atoms with Gasteiger partial charge in [0.2, 0.25) is 5.91 Å². The van der Waals surface area contributed by atoms with Crippen molar-refractivity contribution in [2.75, 3.05) is 25.5 Å². The van der Waals surface area contributed by atoms with Crippen molar-refractivity contribution in [3.8, 4) is 0 Å². The van der Waals surface area contributed by atoms with Crippen LogP contribution in [0.4, 0.5) is 5.69 Å². The summed E-state index contributed by atoms with van der Waals surface area (Å²) in [4.78, 5) is 25.0. The highest BCUT2D eigenvalue weighted by Crippen LogP contribution is 2.28. The van der Waals surface area contributed by atoms with E-state index in [0.29, 0.717) is 30.6 Å². The van der Waals surface area contributed by atoms with Gasteiger partial charge in [-0.3, -0.25) is 9.59 Å². The van der Waals surface area contributed by atoms with E-state index in [0.717, 1.165) is 5.56 Å². The Bertz CT molecular complexity index is 971. The van der Waals surface area contributed by atoms with Crippen molar-refractivity contribution in [2.24, 2.45) is 5.92 Å². The predicted molar refractivity (Wildman–Crippen MR) is 109 cm³/mol. The molecule has 3 rings (SSSR count). The third-order valence-corrected chi connectivity index (χ3v) is 8.07. The van der Waals surface area contributed by atoms with E-state index >= 15 is 0 Å². The number of hydrogen-bond donors (Lipinski definition) is 2. The van der Waals surface area contributed by atoms with Crippen molar-refractivity contribution in [2.45, 2.75) is 24.0 Å². The maximum Gasteiger partial charge on any atom is 0.253 e. The number of carbonyl (C=O) groups is 2. The largest absolute Gasteiger partial charge is 0.355 e. The fourth-order valence-corrected chi connectivity index (χ4v) is 6.01. The topological polar surface area (TPSA) is 95.6 Å². The Morgan fingerprint density at radius 1 is 1.21 bits per heavy atom. The first-order valence-electron chi connectivity index (χ1n) is 9.01. The summed E-state index contributed by atoms with van der Waals surface area (Å²) in [6.45, 7) is 2.33. The summed E-state index contributed by atoms with van der Waals surface area (Å²) >= 11 is 1.17. The second kappa shape index (κ2) is 8.42. The average Bonchev–Trinajstić information content (AvgIpc) is 3.23. The number of hydrogen-bond acceptors (Lipinski definition) is 5. The van der Waals surface area contributed by atoms with Crippen LogP contribution in [-0.4, -0.2) is 44.7 Å². The molecule has 7 nitrogen and oxygen atoms in total. The lowest BCUT2D eigenvalue weighted by molar-refractivity contribution is -0.120. The number of amides is 2. The van der Waals surface area contributed by atoms with Gasteiger partial charge in [-0.2, -0.15) is 4.31 Å². The van der Waals surface area contributed by atoms with E-state index in [-0.39, 0.29) is 22.6 Å². The number of anilines is 1. The van der Waals surface area contributed by atoms with Gasteiger partial charge in [0.15, 0.2) is 0 Å². The van der Waals surface area contributed by atoms with Gasteiger partial charge in [0.05, 0.1) is 17.2 Å². The van der Waals surface area contributed by atoms with Crippen LogP contribution in [0.1, 0.15) is 28.8 Å². The summed E-state index contributed by atoms with van der Waals surface area (Å²) in [5.41, 5.74) is 1.60. The third kappa shape index (κ3) is 4.11. The van der Waals surface area contributed by atoms with Crippen LogP contribution >= 0.6 is 11.3 Å². The van der Waals surface area contributed by atoms with Crippen molar-refractivity contribution >= 4 is 38.9 Å². The number of nitrogens with one attached hydrogen (secondary N) is 2. The fraction of sp³-hybridized carbons (Fsp3) is 0.368. The van der Waals surface area contributed by atoms with Crippen LogP contribution in [0.3, 0.4) is 0 Å². The Labute approximate surface area is 168 Å². The molecule has 2 amide bonds. The van der Waals surface area contributed by atoms with E-state index in [1.165, 1.54) is 22.7 Å². The molecule has 1 aromatic carbocycles. The van der Waals surface area contributed by atoms with Gasteiger partial charge >= 0.3 is 0 Å². The number of rotatable bonds is 5. The molecular weight excluding hydrogens is 398 g/mol. The minimum Gasteiger partial charge on any atom is -0.355 e. The molecule has 2 N–H and O–H groups in total. The van der Waals surface area contributed by atoms with Crippen LogP contribution in [0.25, 0.3) is 0 Å². The van der Waals surface area contributed by atoms with Crippen molar-refractivity contribution < 1.29 is 18.0 Å². The fourth-order valence-electron chi connectivity index (χ4n) is 3.35. The zero-order valence-corrected chi connectivity index (χ0v) is 17.4. The number of sulfonamides is 1. The Morgan fingerprint density at radius 3 is 2.68 bits per heavy atom. The van der Waals surface area contributed by atoms with E-state index in [4.69, 9.17) is 0 Å². The van der Waals surface area contributed by atoms with E-state index in [1.54, 1.807) is 42.6 Å². The van der Waals surface area contributed by atoms with Crippen molar-refractivity contribution in [1.82, 2.24) is 9.62 Å². The van der Waals surface area contributed by atoms with Crippen LogP contribution in [0, 0.1) is 12.8 Å². The first-order chi connectivity index (χ1) is 13.3. The molecule has 0 radical (unpaired) electrons. The van der Waals surface area contributed by atoms with Gasteiger partial charge in [-0.25, -0.2) is 8.42 Å². The SMILES string of the molecule is CNC(=O)c1c(C)cccc1NC(=O)C1CCCN(S(=O)(=O)c2cccs2)C1. The van der Waals surface area contributed by atoms with E-state index in [2.05, 4.69) is 10.6 Å². The Hall–Kier alpha value is -2.23. The van der Waals surface area contributed by atoms with Gasteiger partial charge in [-0.15, -0.1) is 11.3 Å². The minimum atomic E-state index is -3.58. The summed E-state index contributed by atoms with van der Waals surface area (Å²) in [6.07, 6.45) is 1.21. The second-order valence-corrected chi connectivity index (χ2v) is 9.81. The smallest absolute Gasteiger partial charge is 0.253 e. The Balaban J connectivity index is 1.77. The second-order valence-electron chi connectivity index (χ2n) is 6.70. The van der Waals surface area contributed by atoms with Crippen molar-refractivity contribution in [3.63, 3.8) is 0 Å². The molecule has 1 aliphatic rings. The van der Waals surface area contributed by atoms with Gasteiger partial charge < -0.3 is 10.6 Å². The lowest BCUT2D eigenvalue weighted by atomic mass is 9.98. The first-order valence-corrected chi connectivity index (χ1v) is 11.3. The van der Waals surface area contributed by atoms with Crippen LogP contribution in [-0.2, 0) is 14.8 Å². The molecule has 28 heavy (non-hydrogen) atoms. The molecule has 9 heteroatoms. The molecule has 0 aliphatic carbocycles. The zero-order valence-electron chi connectivity index (χ0n) is 15.8. The quantitative estimate of drug-likeness (QED) is 0.775. The van der Waals surface area contributed by atoms with Gasteiger partial charge in [0, 0.05) is 20.1 Å². The number of aryl methyl sites for hydroxylation is 1. The number of carbonyl (C=O) groups excluding carboxylic acids is 2. The lowest BCUT2D eigenvalue weighted by Gasteiger charge is -2.31. The Kier molecular flexibility index (Phi) is 6.17. The molecule has 1 unspecified atom stereocenters. The van der Waals surface area contributed by atoms with E-state index < -0.39 is 15.9 Å². The number of nitrogens with zero attached hydrogens (tertiary/aromatic N) is 1. The van der Waals surface area contributed by atoms with E-state index in [1.807, 2.05) is 0 Å². The lowest BCUT2D eigenvalue weighted by Crippen LogP contribution is -2.43. The highest BCUT2D eigenvalue weighted by Gasteiger charge is 2.34. The summed E-state index contributed by atoms with van der Waals surface area (Å²) in [5, 5.41) is 7.13. The maximum atomic E-state index is 12.8. The molecule has 1 aromatic heterocycles. The first kappa shape index (κ1) is 20.5. The maximum absolute atomic E-state index is 12.8. The summed E-state index contributed by atoms with van der Waals surface area (Å²) in [5.74, 6) is -1.03. The third-order valence-electron chi connectivity index (χ3n) is 4.83. The average molecular weight is 422 g/mol. The molecule has 0 saturated carbocycles. The molecule has 2 heterocycles. The molecule has 150 valence electrons. The monoisotopic (exact) mass is 421 g/mol. The van der Waals surface area contributed by atoms with Gasteiger partial charge in [0.1, 0.15) is 4.21 Å². The molecular formula is C19H23N3O4S2. The normalized spacial score (nSPS) is 17.9. The standard InChI is InChI=1S/C19H23N3O4S2/c1-13-6-3-8-15(17(13)19(24)20-2)21-18(23)14-7-4-10-22(12-14)28(25,26)16-9-5-11-27-16/h3,5-6,8-9,11,14H,4,7,10,12H2,1-2H3,(H,20,24)(H,21,23). The molecule has 1 saturated heterocycles. The molecule has 2 aromatic rings. The minimum absolute atomic E-state index is 0.132. The summed E-state index contributed by atoms with van der Waals surface area (Å²) in [7, 11) is -2.05. The highest BCUT2D eigenvalue weighted by atomic mass is 32.2. The van der Waals surface area contributed by atoms with Crippen LogP contribution in [0.2, 0.25) is 0 Å². The van der Waals surface area contributed by atoms with Crippen molar-refractivity contribution in [1.29, 1.82) is 0 Å². The van der Waals surface area contributed by atoms with Crippen LogP contribution in [0.15, 0.2) is 39.9 Å². The number of benzene rings is 1. The predicted octanol–water partition coefficient (Wildman–Crippen LogP) is 2.46. The van der Waals surface area contributed by atoms with E-state index in [9.17, 15) is 18.0 Å². The Morgan fingerprint density at radius 2 is 2.00 bits per heavy atom. The van der Waals surface area contributed by atoms with Crippen LogP contribution < -0.4 is 10.6 Å². The number of piperidine rings is 1. The number of thiophene rings is 1. The summed E-state index contributed by atoms with van der Waals surface area (Å²) < 4.78 is 27.2. The zero-order chi connectivity index (χ0) is 20.3. The van der Waals surface area contributed by atoms with Crippen LogP contribution in [0.5, 0.6) is 0 Å². The molecule has 0 bridgehead atoms. The molecule has 1 aliphatic heterocycles. The summed E-state index contributed by atoms with van der Waals surface area (Å²) in [6, 6.07) is 8.52. The van der Waals surface area contributed by atoms with Gasteiger partial charge in [-0.05, 0) is 42.8 Å².